The normalized spacial score (nSPS) is 15.5. The predicted octanol–water partition coefficient (Wildman–Crippen LogP) is 5.41. The summed E-state index contributed by atoms with van der Waals surface area (Å²) in [6.07, 6.45) is 6.72. The Morgan fingerprint density at radius 1 is 1.07 bits per heavy atom. The van der Waals surface area contributed by atoms with Gasteiger partial charge in [0.1, 0.15) is 28.8 Å². The number of anilines is 1. The number of ether oxygens (including phenoxy) is 3. The van der Waals surface area contributed by atoms with Crippen LogP contribution in [0.2, 0.25) is 10.0 Å². The van der Waals surface area contributed by atoms with E-state index in [0.29, 0.717) is 38.7 Å². The smallest absolute Gasteiger partial charge is 0.142 e. The van der Waals surface area contributed by atoms with Gasteiger partial charge in [-0.25, -0.2) is 4.98 Å². The first kappa shape index (κ1) is 18.0. The first-order valence-electron chi connectivity index (χ1n) is 8.51. The Morgan fingerprint density at radius 3 is 2.30 bits per heavy atom. The SMILES string of the molecule is COc1cc(OC)c(Cl)c(C2=Cc3cnc(N)cc3C(=C3CCC3)O2)c1Cl. The van der Waals surface area contributed by atoms with Crippen LogP contribution in [0.1, 0.15) is 36.0 Å². The number of hydrogen-bond acceptors (Lipinski definition) is 5. The zero-order valence-electron chi connectivity index (χ0n) is 14.9. The molecule has 0 atom stereocenters. The molecule has 1 aliphatic carbocycles. The summed E-state index contributed by atoms with van der Waals surface area (Å²) in [7, 11) is 3.08. The molecule has 0 bridgehead atoms. The fourth-order valence-electron chi connectivity index (χ4n) is 3.20. The minimum absolute atomic E-state index is 0.361. The topological polar surface area (TPSA) is 66.6 Å². The van der Waals surface area contributed by atoms with Crippen molar-refractivity contribution >= 4 is 46.6 Å². The standard InChI is InChI=1S/C20H18Cl2N2O3/c1-25-14-8-15(26-2)19(22)17(18(14)21)13-6-11-9-24-16(23)7-12(11)20(27-13)10-4-3-5-10/h6-9H,3-5H2,1-2H3,(H2,23,24). The molecule has 1 aliphatic heterocycles. The number of fused-ring (bicyclic) bond motifs is 1. The van der Waals surface area contributed by atoms with Gasteiger partial charge in [0.2, 0.25) is 0 Å². The molecular formula is C20H18Cl2N2O3. The number of aromatic nitrogens is 1. The predicted molar refractivity (Wildman–Crippen MR) is 108 cm³/mol. The van der Waals surface area contributed by atoms with Crippen molar-refractivity contribution in [1.82, 2.24) is 4.98 Å². The average Bonchev–Trinajstić information content (AvgIpc) is 2.61. The number of allylic oxidation sites excluding steroid dienone is 1. The summed E-state index contributed by atoms with van der Waals surface area (Å²) in [6, 6.07) is 3.48. The Hall–Kier alpha value is -2.37. The van der Waals surface area contributed by atoms with Crippen LogP contribution in [-0.4, -0.2) is 19.2 Å². The molecule has 5 nitrogen and oxygen atoms in total. The van der Waals surface area contributed by atoms with Crippen LogP contribution in [0.15, 0.2) is 23.9 Å². The summed E-state index contributed by atoms with van der Waals surface area (Å²) < 4.78 is 17.0. The highest BCUT2D eigenvalue weighted by Gasteiger charge is 2.29. The van der Waals surface area contributed by atoms with Gasteiger partial charge in [-0.15, -0.1) is 0 Å². The lowest BCUT2D eigenvalue weighted by Gasteiger charge is -2.28. The van der Waals surface area contributed by atoms with Crippen LogP contribution in [0.25, 0.3) is 17.6 Å². The number of benzene rings is 1. The molecule has 0 saturated heterocycles. The number of rotatable bonds is 3. The number of nitrogen functional groups attached to an aromatic ring is 1. The Bertz CT molecular complexity index is 965. The number of nitrogens with zero attached hydrogens (tertiary/aromatic N) is 1. The number of methoxy groups -OCH3 is 2. The highest BCUT2D eigenvalue weighted by atomic mass is 35.5. The lowest BCUT2D eigenvalue weighted by molar-refractivity contribution is 0.393. The highest BCUT2D eigenvalue weighted by molar-refractivity contribution is 6.39. The van der Waals surface area contributed by atoms with E-state index in [4.69, 9.17) is 43.1 Å². The summed E-state index contributed by atoms with van der Waals surface area (Å²) in [4.78, 5) is 4.21. The fraction of sp³-hybridized carbons (Fsp3) is 0.250. The quantitative estimate of drug-likeness (QED) is 0.740. The van der Waals surface area contributed by atoms with E-state index in [2.05, 4.69) is 4.98 Å². The maximum atomic E-state index is 6.57. The molecule has 0 amide bonds. The first-order chi connectivity index (χ1) is 13.0. The van der Waals surface area contributed by atoms with Gasteiger partial charge in [0.15, 0.2) is 0 Å². The molecule has 7 heteroatoms. The zero-order valence-corrected chi connectivity index (χ0v) is 16.4. The van der Waals surface area contributed by atoms with E-state index in [1.165, 1.54) is 19.8 Å². The second-order valence-electron chi connectivity index (χ2n) is 6.38. The Labute approximate surface area is 167 Å². The van der Waals surface area contributed by atoms with E-state index < -0.39 is 0 Å². The molecule has 0 radical (unpaired) electrons. The average molecular weight is 405 g/mol. The van der Waals surface area contributed by atoms with Crippen molar-refractivity contribution in [3.05, 3.63) is 50.6 Å². The molecule has 2 aliphatic rings. The number of halogens is 2. The van der Waals surface area contributed by atoms with E-state index in [0.717, 1.165) is 36.1 Å². The molecule has 1 aromatic carbocycles. The van der Waals surface area contributed by atoms with Gasteiger partial charge in [-0.3, -0.25) is 0 Å². The molecule has 0 spiro atoms. The summed E-state index contributed by atoms with van der Waals surface area (Å²) >= 11 is 13.1. The van der Waals surface area contributed by atoms with E-state index in [9.17, 15) is 0 Å². The van der Waals surface area contributed by atoms with Crippen LogP contribution in [-0.2, 0) is 4.74 Å². The third-order valence-corrected chi connectivity index (χ3v) is 5.55. The van der Waals surface area contributed by atoms with E-state index in [-0.39, 0.29) is 0 Å². The minimum atomic E-state index is 0.361. The van der Waals surface area contributed by atoms with Crippen molar-refractivity contribution in [3.8, 4) is 11.5 Å². The van der Waals surface area contributed by atoms with E-state index in [1.807, 2.05) is 12.1 Å². The summed E-state index contributed by atoms with van der Waals surface area (Å²) in [6.45, 7) is 0. The molecule has 1 aromatic heterocycles. The van der Waals surface area contributed by atoms with Crippen LogP contribution in [0, 0.1) is 0 Å². The van der Waals surface area contributed by atoms with Gasteiger partial charge in [-0.1, -0.05) is 23.2 Å². The highest BCUT2D eigenvalue weighted by Crippen LogP contribution is 2.48. The van der Waals surface area contributed by atoms with Gasteiger partial charge in [0.05, 0.1) is 29.8 Å². The molecule has 2 heterocycles. The first-order valence-corrected chi connectivity index (χ1v) is 9.27. The molecule has 1 saturated carbocycles. The van der Waals surface area contributed by atoms with Gasteiger partial charge in [-0.2, -0.15) is 0 Å². The van der Waals surface area contributed by atoms with Crippen LogP contribution < -0.4 is 15.2 Å². The largest absolute Gasteiger partial charge is 0.495 e. The third kappa shape index (κ3) is 3.01. The van der Waals surface area contributed by atoms with E-state index in [1.54, 1.807) is 12.3 Å². The second-order valence-corrected chi connectivity index (χ2v) is 7.13. The second kappa shape index (κ2) is 6.98. The Kier molecular flexibility index (Phi) is 4.66. The molecule has 2 aromatic rings. The fourth-order valence-corrected chi connectivity index (χ4v) is 3.88. The van der Waals surface area contributed by atoms with Gasteiger partial charge in [0.25, 0.3) is 0 Å². The van der Waals surface area contributed by atoms with Gasteiger partial charge in [0, 0.05) is 23.4 Å². The van der Waals surface area contributed by atoms with Gasteiger partial charge < -0.3 is 19.9 Å². The number of hydrogen-bond donors (Lipinski definition) is 1. The number of nitrogens with two attached hydrogens (primary N) is 1. The van der Waals surface area contributed by atoms with Crippen molar-refractivity contribution in [2.24, 2.45) is 0 Å². The van der Waals surface area contributed by atoms with Crippen molar-refractivity contribution in [1.29, 1.82) is 0 Å². The monoisotopic (exact) mass is 404 g/mol. The number of pyridine rings is 1. The molecule has 140 valence electrons. The summed E-state index contributed by atoms with van der Waals surface area (Å²) in [5, 5.41) is 0.721. The van der Waals surface area contributed by atoms with Crippen molar-refractivity contribution < 1.29 is 14.2 Å². The third-order valence-electron chi connectivity index (χ3n) is 4.80. The lowest BCUT2D eigenvalue weighted by Crippen LogP contribution is -2.10. The Balaban J connectivity index is 1.94. The van der Waals surface area contributed by atoms with Crippen LogP contribution in [0.5, 0.6) is 11.5 Å². The molecule has 2 N–H and O–H groups in total. The molecule has 4 rings (SSSR count). The summed E-state index contributed by atoms with van der Waals surface area (Å²) in [5.74, 6) is 2.69. The van der Waals surface area contributed by atoms with Crippen molar-refractivity contribution in [2.45, 2.75) is 19.3 Å². The van der Waals surface area contributed by atoms with Crippen molar-refractivity contribution in [2.75, 3.05) is 20.0 Å². The van der Waals surface area contributed by atoms with Gasteiger partial charge in [-0.05, 0) is 37.0 Å². The molecule has 1 fully saturated rings. The maximum absolute atomic E-state index is 6.57. The van der Waals surface area contributed by atoms with Gasteiger partial charge >= 0.3 is 0 Å². The van der Waals surface area contributed by atoms with Crippen molar-refractivity contribution in [3.63, 3.8) is 0 Å². The lowest BCUT2D eigenvalue weighted by atomic mass is 9.87. The molecular weight excluding hydrogens is 387 g/mol. The molecule has 0 unspecified atom stereocenters. The minimum Gasteiger partial charge on any atom is -0.495 e. The van der Waals surface area contributed by atoms with E-state index >= 15 is 0 Å². The Morgan fingerprint density at radius 2 is 1.74 bits per heavy atom. The maximum Gasteiger partial charge on any atom is 0.142 e. The zero-order chi connectivity index (χ0) is 19.1. The summed E-state index contributed by atoms with van der Waals surface area (Å²) in [5.41, 5.74) is 9.49. The van der Waals surface area contributed by atoms with Crippen LogP contribution in [0.3, 0.4) is 0 Å². The van der Waals surface area contributed by atoms with Crippen LogP contribution in [0.4, 0.5) is 5.82 Å². The molecule has 27 heavy (non-hydrogen) atoms. The van der Waals surface area contributed by atoms with Crippen LogP contribution >= 0.6 is 23.2 Å².